The van der Waals surface area contributed by atoms with E-state index in [9.17, 15) is 9.59 Å². The van der Waals surface area contributed by atoms with E-state index < -0.39 is 0 Å². The maximum Gasteiger partial charge on any atom is 0.267 e. The first-order valence-electron chi connectivity index (χ1n) is 5.27. The highest BCUT2D eigenvalue weighted by Crippen LogP contribution is 2.06. The number of nitrogens with zero attached hydrogens (tertiary/aromatic N) is 2. The summed E-state index contributed by atoms with van der Waals surface area (Å²) in [5, 5.41) is 0. The van der Waals surface area contributed by atoms with E-state index >= 15 is 0 Å². The first-order valence-corrected chi connectivity index (χ1v) is 6.06. The van der Waals surface area contributed by atoms with Gasteiger partial charge in [-0.05, 0) is 35.7 Å². The zero-order valence-corrected chi connectivity index (χ0v) is 11.2. The van der Waals surface area contributed by atoms with Crippen molar-refractivity contribution in [2.45, 2.75) is 32.7 Å². The summed E-state index contributed by atoms with van der Waals surface area (Å²) in [7, 11) is 0. The Morgan fingerprint density at radius 2 is 2.29 bits per heavy atom. The molecule has 0 radical (unpaired) electrons. The van der Waals surface area contributed by atoms with Crippen molar-refractivity contribution in [3.05, 3.63) is 26.8 Å². The van der Waals surface area contributed by atoms with Crippen LogP contribution in [0.2, 0.25) is 0 Å². The van der Waals surface area contributed by atoms with E-state index in [0.29, 0.717) is 29.6 Å². The molecular weight excluding hydrogens is 288 g/mol. The van der Waals surface area contributed by atoms with Crippen LogP contribution in [0.3, 0.4) is 0 Å². The summed E-state index contributed by atoms with van der Waals surface area (Å²) >= 11 is 3.20. The molecule has 1 aromatic rings. The van der Waals surface area contributed by atoms with Crippen molar-refractivity contribution in [1.29, 1.82) is 0 Å². The molecule has 0 spiro atoms. The first-order chi connectivity index (χ1) is 8.06. The largest absolute Gasteiger partial charge is 0.298 e. The second-order valence-corrected chi connectivity index (χ2v) is 4.46. The molecule has 7 heteroatoms. The third-order valence-corrected chi connectivity index (χ3v) is 3.28. The molecule has 0 atom stereocenters. The number of hydrazine groups is 1. The van der Waals surface area contributed by atoms with Crippen LogP contribution < -0.4 is 16.8 Å². The van der Waals surface area contributed by atoms with Gasteiger partial charge in [0, 0.05) is 13.0 Å². The summed E-state index contributed by atoms with van der Waals surface area (Å²) in [4.78, 5) is 26.7. The molecule has 0 fully saturated rings. The Kier molecular flexibility index (Phi) is 5.30. The van der Waals surface area contributed by atoms with Gasteiger partial charge >= 0.3 is 0 Å². The zero-order chi connectivity index (χ0) is 12.8. The normalized spacial score (nSPS) is 10.3. The van der Waals surface area contributed by atoms with Gasteiger partial charge in [0.05, 0.1) is 12.0 Å². The quantitative estimate of drug-likeness (QED) is 0.358. The van der Waals surface area contributed by atoms with Crippen molar-refractivity contribution < 1.29 is 4.79 Å². The Morgan fingerprint density at radius 3 is 2.94 bits per heavy atom. The summed E-state index contributed by atoms with van der Waals surface area (Å²) in [6.07, 6.45) is 3.29. The first kappa shape index (κ1) is 13.9. The van der Waals surface area contributed by atoms with E-state index in [4.69, 9.17) is 5.84 Å². The predicted octanol–water partition coefficient (Wildman–Crippen LogP) is 0.474. The van der Waals surface area contributed by atoms with Crippen molar-refractivity contribution in [3.63, 3.8) is 0 Å². The molecule has 0 aliphatic heterocycles. The molecule has 1 aromatic heterocycles. The molecule has 94 valence electrons. The Labute approximate surface area is 107 Å². The van der Waals surface area contributed by atoms with Crippen LogP contribution in [-0.4, -0.2) is 15.5 Å². The number of unbranched alkanes of at least 4 members (excludes halogenated alkanes) is 1. The number of carbonyl (C=O) groups excluding carboxylic acids is 1. The Hall–Kier alpha value is -1.21. The topological polar surface area (TPSA) is 90.0 Å². The van der Waals surface area contributed by atoms with Crippen LogP contribution in [0.4, 0.5) is 0 Å². The lowest BCUT2D eigenvalue weighted by atomic mass is 10.2. The van der Waals surface area contributed by atoms with Crippen molar-refractivity contribution in [3.8, 4) is 0 Å². The standard InChI is InChI=1S/C10H15BrN4O2/c1-7-9(11)10(17)15(6-13-7)5-3-2-4-8(16)14-12/h6H,2-5,12H2,1H3,(H,14,16). The summed E-state index contributed by atoms with van der Waals surface area (Å²) in [5.74, 6) is 4.76. The van der Waals surface area contributed by atoms with Crippen molar-refractivity contribution >= 4 is 21.8 Å². The molecule has 0 aromatic carbocycles. The monoisotopic (exact) mass is 302 g/mol. The van der Waals surface area contributed by atoms with Crippen LogP contribution in [0.25, 0.3) is 0 Å². The predicted molar refractivity (Wildman–Crippen MR) is 67.1 cm³/mol. The fourth-order valence-electron chi connectivity index (χ4n) is 1.35. The van der Waals surface area contributed by atoms with E-state index in [1.807, 2.05) is 0 Å². The second kappa shape index (κ2) is 6.51. The fourth-order valence-corrected chi connectivity index (χ4v) is 1.68. The third-order valence-electron chi connectivity index (χ3n) is 2.37. The number of aromatic nitrogens is 2. The lowest BCUT2D eigenvalue weighted by molar-refractivity contribution is -0.121. The summed E-state index contributed by atoms with van der Waals surface area (Å²) in [6, 6.07) is 0. The second-order valence-electron chi connectivity index (χ2n) is 3.67. The van der Waals surface area contributed by atoms with Crippen molar-refractivity contribution in [2.75, 3.05) is 0 Å². The summed E-state index contributed by atoms with van der Waals surface area (Å²) in [5.41, 5.74) is 2.64. The fraction of sp³-hybridized carbons (Fsp3) is 0.500. The van der Waals surface area contributed by atoms with Gasteiger partial charge in [-0.25, -0.2) is 10.8 Å². The van der Waals surface area contributed by atoms with Gasteiger partial charge in [0.1, 0.15) is 4.47 Å². The van der Waals surface area contributed by atoms with E-state index in [1.54, 1.807) is 6.92 Å². The van der Waals surface area contributed by atoms with Crippen molar-refractivity contribution in [2.24, 2.45) is 5.84 Å². The maximum absolute atomic E-state index is 11.8. The number of carbonyl (C=O) groups is 1. The smallest absolute Gasteiger partial charge is 0.267 e. The molecule has 0 unspecified atom stereocenters. The van der Waals surface area contributed by atoms with E-state index in [-0.39, 0.29) is 11.5 Å². The molecule has 0 saturated carbocycles. The molecule has 17 heavy (non-hydrogen) atoms. The van der Waals surface area contributed by atoms with E-state index in [1.165, 1.54) is 10.9 Å². The summed E-state index contributed by atoms with van der Waals surface area (Å²) in [6.45, 7) is 2.31. The number of nitrogens with one attached hydrogen (secondary N) is 1. The average molecular weight is 303 g/mol. The summed E-state index contributed by atoms with van der Waals surface area (Å²) < 4.78 is 2.01. The molecule has 0 aliphatic rings. The minimum atomic E-state index is -0.194. The van der Waals surface area contributed by atoms with Gasteiger partial charge < -0.3 is 0 Å². The Bertz CT molecular complexity index is 458. The van der Waals surface area contributed by atoms with E-state index in [2.05, 4.69) is 26.3 Å². The van der Waals surface area contributed by atoms with Crippen LogP contribution in [0.15, 0.2) is 15.6 Å². The van der Waals surface area contributed by atoms with Gasteiger partial charge in [-0.3, -0.25) is 19.6 Å². The highest BCUT2D eigenvalue weighted by molar-refractivity contribution is 9.10. The van der Waals surface area contributed by atoms with Crippen LogP contribution in [0, 0.1) is 6.92 Å². The number of aryl methyl sites for hydroxylation is 2. The van der Waals surface area contributed by atoms with Gasteiger partial charge in [0.2, 0.25) is 5.91 Å². The van der Waals surface area contributed by atoms with E-state index in [0.717, 1.165) is 6.42 Å². The number of halogens is 1. The number of nitrogens with two attached hydrogens (primary N) is 1. The molecule has 0 saturated heterocycles. The molecular formula is C10H15BrN4O2. The molecule has 1 amide bonds. The maximum atomic E-state index is 11.8. The lowest BCUT2D eigenvalue weighted by Gasteiger charge is -2.06. The van der Waals surface area contributed by atoms with Gasteiger partial charge in [0.25, 0.3) is 5.56 Å². The van der Waals surface area contributed by atoms with Crippen LogP contribution in [0.1, 0.15) is 25.0 Å². The van der Waals surface area contributed by atoms with Gasteiger partial charge in [-0.2, -0.15) is 0 Å². The molecule has 6 nitrogen and oxygen atoms in total. The van der Waals surface area contributed by atoms with Gasteiger partial charge in [0.15, 0.2) is 0 Å². The van der Waals surface area contributed by atoms with Crippen molar-refractivity contribution in [1.82, 2.24) is 15.0 Å². The zero-order valence-electron chi connectivity index (χ0n) is 9.57. The highest BCUT2D eigenvalue weighted by Gasteiger charge is 2.05. The Morgan fingerprint density at radius 1 is 1.59 bits per heavy atom. The van der Waals surface area contributed by atoms with Crippen LogP contribution >= 0.6 is 15.9 Å². The number of rotatable bonds is 5. The van der Waals surface area contributed by atoms with Gasteiger partial charge in [-0.1, -0.05) is 0 Å². The van der Waals surface area contributed by atoms with Crippen LogP contribution in [-0.2, 0) is 11.3 Å². The number of hydrogen-bond acceptors (Lipinski definition) is 4. The lowest BCUT2D eigenvalue weighted by Crippen LogP contribution is -2.29. The molecule has 1 heterocycles. The molecule has 1 rings (SSSR count). The molecule has 0 aliphatic carbocycles. The Balaban J connectivity index is 2.51. The average Bonchev–Trinajstić information content (AvgIpc) is 2.33. The highest BCUT2D eigenvalue weighted by atomic mass is 79.9. The number of hydrogen-bond donors (Lipinski definition) is 2. The minimum absolute atomic E-state index is 0.0965. The van der Waals surface area contributed by atoms with Crippen LogP contribution in [0.5, 0.6) is 0 Å². The number of amides is 1. The molecule has 0 bridgehead atoms. The van der Waals surface area contributed by atoms with Gasteiger partial charge in [-0.15, -0.1) is 0 Å². The SMILES string of the molecule is Cc1ncn(CCCCC(=O)NN)c(=O)c1Br. The molecule has 3 N–H and O–H groups in total. The minimum Gasteiger partial charge on any atom is -0.298 e. The third kappa shape index (κ3) is 3.94.